The molecule has 2 aliphatic heterocycles. The van der Waals surface area contributed by atoms with Crippen molar-refractivity contribution in [3.63, 3.8) is 0 Å². The molecule has 18 heavy (non-hydrogen) atoms. The Balaban J connectivity index is 1.87. The quantitative estimate of drug-likeness (QED) is 0.865. The maximum Gasteiger partial charge on any atom is 0.244 e. The van der Waals surface area contributed by atoms with Crippen LogP contribution in [0.15, 0.2) is 27.8 Å². The molecule has 0 unspecified atom stereocenters. The number of pyridine rings is 1. The zero-order chi connectivity index (χ0) is 12.8. The smallest absolute Gasteiger partial charge is 0.244 e. The Morgan fingerprint density at radius 2 is 1.94 bits per heavy atom. The van der Waals surface area contributed by atoms with Gasteiger partial charge in [0, 0.05) is 30.0 Å². The standard InChI is InChI=1S/C11H14BrN3O2S/c12-10-1-11(5-14-4-10)18(16,17)15-6-8-2-13-3-9(8)7-15/h1,4-5,8-9,13H,2-3,6-7H2/t8-,9+. The lowest BCUT2D eigenvalue weighted by Crippen LogP contribution is -2.32. The lowest BCUT2D eigenvalue weighted by Gasteiger charge is -2.17. The Labute approximate surface area is 115 Å². The van der Waals surface area contributed by atoms with Gasteiger partial charge < -0.3 is 5.32 Å². The first-order chi connectivity index (χ1) is 8.57. The third-order valence-corrected chi connectivity index (χ3v) is 5.90. The normalized spacial score (nSPS) is 28.5. The van der Waals surface area contributed by atoms with E-state index in [2.05, 4.69) is 26.2 Å². The molecule has 1 aromatic heterocycles. The number of halogens is 1. The van der Waals surface area contributed by atoms with Crippen molar-refractivity contribution >= 4 is 26.0 Å². The number of nitrogens with zero attached hydrogens (tertiary/aromatic N) is 2. The van der Waals surface area contributed by atoms with Crippen LogP contribution in [0.4, 0.5) is 0 Å². The van der Waals surface area contributed by atoms with Crippen molar-refractivity contribution in [3.05, 3.63) is 22.9 Å². The van der Waals surface area contributed by atoms with Crippen molar-refractivity contribution in [1.29, 1.82) is 0 Å². The van der Waals surface area contributed by atoms with Gasteiger partial charge in [0.2, 0.25) is 10.0 Å². The number of nitrogens with one attached hydrogen (secondary N) is 1. The topological polar surface area (TPSA) is 62.3 Å². The molecule has 2 atom stereocenters. The highest BCUT2D eigenvalue weighted by atomic mass is 79.9. The molecular weight excluding hydrogens is 318 g/mol. The van der Waals surface area contributed by atoms with Crippen LogP contribution < -0.4 is 5.32 Å². The molecular formula is C11H14BrN3O2S. The first kappa shape index (κ1) is 12.5. The van der Waals surface area contributed by atoms with Gasteiger partial charge in [-0.2, -0.15) is 4.31 Å². The molecule has 0 saturated carbocycles. The average Bonchev–Trinajstić information content (AvgIpc) is 2.89. The summed E-state index contributed by atoms with van der Waals surface area (Å²) in [4.78, 5) is 4.20. The molecule has 0 spiro atoms. The van der Waals surface area contributed by atoms with Gasteiger partial charge in [0.25, 0.3) is 0 Å². The zero-order valence-electron chi connectivity index (χ0n) is 9.71. The van der Waals surface area contributed by atoms with E-state index < -0.39 is 10.0 Å². The van der Waals surface area contributed by atoms with Crippen LogP contribution >= 0.6 is 15.9 Å². The Morgan fingerprint density at radius 3 is 2.56 bits per heavy atom. The van der Waals surface area contributed by atoms with E-state index in [0.29, 0.717) is 29.4 Å². The first-order valence-electron chi connectivity index (χ1n) is 5.89. The highest BCUT2D eigenvalue weighted by Gasteiger charge is 2.41. The van der Waals surface area contributed by atoms with Crippen LogP contribution in [0.1, 0.15) is 0 Å². The van der Waals surface area contributed by atoms with E-state index in [-0.39, 0.29) is 4.90 Å². The second-order valence-corrected chi connectivity index (χ2v) is 7.69. The van der Waals surface area contributed by atoms with Crippen LogP contribution in [0.3, 0.4) is 0 Å². The molecule has 5 nitrogen and oxygen atoms in total. The number of fused-ring (bicyclic) bond motifs is 1. The van der Waals surface area contributed by atoms with Gasteiger partial charge in [0.1, 0.15) is 4.90 Å². The summed E-state index contributed by atoms with van der Waals surface area (Å²) < 4.78 is 27.2. The molecule has 0 amide bonds. The molecule has 0 bridgehead atoms. The van der Waals surface area contributed by atoms with Crippen molar-refractivity contribution in [2.45, 2.75) is 4.90 Å². The number of hydrogen-bond acceptors (Lipinski definition) is 4. The van der Waals surface area contributed by atoms with Gasteiger partial charge in [-0.3, -0.25) is 4.98 Å². The van der Waals surface area contributed by atoms with E-state index in [4.69, 9.17) is 0 Å². The Bertz CT molecular complexity index is 551. The lowest BCUT2D eigenvalue weighted by molar-refractivity contribution is 0.447. The molecule has 1 N–H and O–H groups in total. The highest BCUT2D eigenvalue weighted by Crippen LogP contribution is 2.30. The van der Waals surface area contributed by atoms with E-state index in [0.717, 1.165) is 13.1 Å². The molecule has 2 aliphatic rings. The number of aromatic nitrogens is 1. The third-order valence-electron chi connectivity index (χ3n) is 3.67. The summed E-state index contributed by atoms with van der Waals surface area (Å²) in [6.07, 6.45) is 2.99. The maximum atomic E-state index is 12.5. The third kappa shape index (κ3) is 2.09. The molecule has 0 radical (unpaired) electrons. The number of rotatable bonds is 2. The summed E-state index contributed by atoms with van der Waals surface area (Å²) in [5, 5.41) is 3.30. The van der Waals surface area contributed by atoms with Crippen molar-refractivity contribution in [2.24, 2.45) is 11.8 Å². The van der Waals surface area contributed by atoms with Crippen molar-refractivity contribution in [3.8, 4) is 0 Å². The van der Waals surface area contributed by atoms with Crippen molar-refractivity contribution < 1.29 is 8.42 Å². The molecule has 0 aromatic carbocycles. The van der Waals surface area contributed by atoms with Crippen LogP contribution in [0.25, 0.3) is 0 Å². The molecule has 0 aliphatic carbocycles. The minimum absolute atomic E-state index is 0.268. The zero-order valence-corrected chi connectivity index (χ0v) is 12.1. The summed E-state index contributed by atoms with van der Waals surface area (Å²) in [6, 6.07) is 1.61. The van der Waals surface area contributed by atoms with Gasteiger partial charge in [-0.05, 0) is 46.9 Å². The van der Waals surface area contributed by atoms with Gasteiger partial charge in [-0.25, -0.2) is 8.42 Å². The predicted molar refractivity (Wildman–Crippen MR) is 70.5 cm³/mol. The SMILES string of the molecule is O=S(=O)(c1cncc(Br)c1)N1C[C@H]2CNC[C@H]2C1. The Kier molecular flexibility index (Phi) is 3.17. The summed E-state index contributed by atoms with van der Waals surface area (Å²) in [6.45, 7) is 3.08. The fourth-order valence-corrected chi connectivity index (χ4v) is 4.75. The second kappa shape index (κ2) is 4.56. The van der Waals surface area contributed by atoms with Crippen LogP contribution in [0, 0.1) is 11.8 Å². The summed E-state index contributed by atoms with van der Waals surface area (Å²) in [7, 11) is -3.39. The van der Waals surface area contributed by atoms with Gasteiger partial charge in [-0.15, -0.1) is 0 Å². The summed E-state index contributed by atoms with van der Waals surface area (Å²) >= 11 is 3.26. The molecule has 1 aromatic rings. The van der Waals surface area contributed by atoms with E-state index in [1.807, 2.05) is 0 Å². The maximum absolute atomic E-state index is 12.5. The van der Waals surface area contributed by atoms with Gasteiger partial charge in [-0.1, -0.05) is 0 Å². The number of hydrogen-bond donors (Lipinski definition) is 1. The fraction of sp³-hybridized carbons (Fsp3) is 0.545. The van der Waals surface area contributed by atoms with E-state index in [9.17, 15) is 8.42 Å². The minimum atomic E-state index is -3.39. The minimum Gasteiger partial charge on any atom is -0.316 e. The second-order valence-electron chi connectivity index (χ2n) is 4.84. The highest BCUT2D eigenvalue weighted by molar-refractivity contribution is 9.10. The fourth-order valence-electron chi connectivity index (χ4n) is 2.69. The van der Waals surface area contributed by atoms with Gasteiger partial charge >= 0.3 is 0 Å². The molecule has 3 heterocycles. The summed E-state index contributed by atoms with van der Waals surface area (Å²) in [5.74, 6) is 0.916. The van der Waals surface area contributed by atoms with Crippen molar-refractivity contribution in [1.82, 2.24) is 14.6 Å². The monoisotopic (exact) mass is 331 g/mol. The average molecular weight is 332 g/mol. The molecule has 7 heteroatoms. The molecule has 2 fully saturated rings. The molecule has 2 saturated heterocycles. The summed E-state index contributed by atoms with van der Waals surface area (Å²) in [5.41, 5.74) is 0. The first-order valence-corrected chi connectivity index (χ1v) is 8.12. The van der Waals surface area contributed by atoms with Gasteiger partial charge in [0.05, 0.1) is 0 Å². The van der Waals surface area contributed by atoms with Crippen LogP contribution in [0.5, 0.6) is 0 Å². The van der Waals surface area contributed by atoms with E-state index in [1.165, 1.54) is 6.20 Å². The number of sulfonamides is 1. The van der Waals surface area contributed by atoms with Crippen LogP contribution in [0.2, 0.25) is 0 Å². The van der Waals surface area contributed by atoms with Gasteiger partial charge in [0.15, 0.2) is 0 Å². The Morgan fingerprint density at radius 1 is 1.28 bits per heavy atom. The molecule has 98 valence electrons. The largest absolute Gasteiger partial charge is 0.316 e. The van der Waals surface area contributed by atoms with E-state index in [1.54, 1.807) is 16.6 Å². The van der Waals surface area contributed by atoms with Crippen LogP contribution in [-0.4, -0.2) is 43.9 Å². The molecule has 3 rings (SSSR count). The van der Waals surface area contributed by atoms with Crippen molar-refractivity contribution in [2.75, 3.05) is 26.2 Å². The lowest BCUT2D eigenvalue weighted by atomic mass is 10.0. The predicted octanol–water partition coefficient (Wildman–Crippen LogP) is 0.684. The Hall–Kier alpha value is -0.500. The van der Waals surface area contributed by atoms with E-state index >= 15 is 0 Å². The van der Waals surface area contributed by atoms with Crippen LogP contribution in [-0.2, 0) is 10.0 Å².